The van der Waals surface area contributed by atoms with Crippen LogP contribution in [-0.2, 0) is 12.8 Å². The highest BCUT2D eigenvalue weighted by Gasteiger charge is 2.33. The molecule has 170 valence electrons. The van der Waals surface area contributed by atoms with Crippen LogP contribution in [0.4, 0.5) is 5.82 Å². The Morgan fingerprint density at radius 2 is 1.84 bits per heavy atom. The van der Waals surface area contributed by atoms with E-state index in [0.717, 1.165) is 52.2 Å². The largest absolute Gasteiger partial charge is 0.352 e. The van der Waals surface area contributed by atoms with Crippen LogP contribution in [0.1, 0.15) is 58.0 Å². The van der Waals surface area contributed by atoms with E-state index in [9.17, 15) is 4.79 Å². The summed E-state index contributed by atoms with van der Waals surface area (Å²) in [5, 5.41) is 2.21. The van der Waals surface area contributed by atoms with Crippen molar-refractivity contribution in [2.75, 3.05) is 31.1 Å². The van der Waals surface area contributed by atoms with E-state index < -0.39 is 0 Å². The number of anilines is 1. The van der Waals surface area contributed by atoms with Gasteiger partial charge in [-0.3, -0.25) is 4.79 Å². The number of piperazine rings is 1. The molecule has 0 N–H and O–H groups in total. The molecule has 4 heterocycles. The normalized spacial score (nSPS) is 19.5. The Bertz CT molecular complexity index is 1170. The van der Waals surface area contributed by atoms with E-state index in [2.05, 4.69) is 35.6 Å². The number of fused-ring (bicyclic) bond motifs is 3. The number of aromatic nitrogens is 3. The monoisotopic (exact) mass is 469 g/mol. The van der Waals surface area contributed by atoms with Gasteiger partial charge in [-0.15, -0.1) is 22.7 Å². The number of carbonyl (C=O) groups is 1. The van der Waals surface area contributed by atoms with Crippen LogP contribution in [-0.4, -0.2) is 51.9 Å². The summed E-state index contributed by atoms with van der Waals surface area (Å²) < 4.78 is 0. The zero-order valence-corrected chi connectivity index (χ0v) is 21.2. The lowest BCUT2D eigenvalue weighted by Gasteiger charge is -2.36. The van der Waals surface area contributed by atoms with E-state index in [1.165, 1.54) is 33.6 Å². The zero-order chi connectivity index (χ0) is 22.6. The smallest absolute Gasteiger partial charge is 0.265 e. The van der Waals surface area contributed by atoms with Gasteiger partial charge < -0.3 is 9.80 Å². The number of thiophene rings is 1. The number of amides is 1. The van der Waals surface area contributed by atoms with Crippen LogP contribution in [0.25, 0.3) is 10.2 Å². The van der Waals surface area contributed by atoms with Crippen LogP contribution >= 0.6 is 22.7 Å². The molecule has 5 rings (SSSR count). The fourth-order valence-corrected chi connectivity index (χ4v) is 7.22. The minimum Gasteiger partial charge on any atom is -0.352 e. The van der Waals surface area contributed by atoms with Crippen molar-refractivity contribution in [1.29, 1.82) is 0 Å². The minimum absolute atomic E-state index is 0.113. The average Bonchev–Trinajstić information content (AvgIpc) is 3.31. The molecule has 0 bridgehead atoms. The maximum absolute atomic E-state index is 13.0. The summed E-state index contributed by atoms with van der Waals surface area (Å²) in [4.78, 5) is 34.5. The Kier molecular flexibility index (Phi) is 5.48. The molecule has 1 aliphatic heterocycles. The van der Waals surface area contributed by atoms with Crippen LogP contribution < -0.4 is 4.90 Å². The van der Waals surface area contributed by atoms with Gasteiger partial charge in [-0.1, -0.05) is 20.8 Å². The highest BCUT2D eigenvalue weighted by atomic mass is 32.1. The molecule has 1 atom stereocenters. The number of aryl methyl sites for hydroxylation is 3. The Morgan fingerprint density at radius 1 is 1.09 bits per heavy atom. The lowest BCUT2D eigenvalue weighted by atomic mass is 9.72. The van der Waals surface area contributed by atoms with Crippen LogP contribution in [0.5, 0.6) is 0 Å². The number of thiazole rings is 1. The van der Waals surface area contributed by atoms with Crippen LogP contribution in [0.2, 0.25) is 0 Å². The summed E-state index contributed by atoms with van der Waals surface area (Å²) in [7, 11) is 0. The van der Waals surface area contributed by atoms with E-state index in [0.29, 0.717) is 24.4 Å². The highest BCUT2D eigenvalue weighted by molar-refractivity contribution is 7.19. The molecule has 6 nitrogen and oxygen atoms in total. The molecule has 1 amide bonds. The lowest BCUT2D eigenvalue weighted by molar-refractivity contribution is 0.0750. The van der Waals surface area contributed by atoms with Gasteiger partial charge in [0.15, 0.2) is 0 Å². The van der Waals surface area contributed by atoms with Gasteiger partial charge in [-0.2, -0.15) is 0 Å². The Hall–Kier alpha value is -2.06. The topological polar surface area (TPSA) is 62.2 Å². The molecule has 1 saturated heterocycles. The molecule has 0 aromatic carbocycles. The average molecular weight is 470 g/mol. The fourth-order valence-electron chi connectivity index (χ4n) is 5.07. The molecule has 32 heavy (non-hydrogen) atoms. The van der Waals surface area contributed by atoms with Gasteiger partial charge in [0, 0.05) is 31.1 Å². The van der Waals surface area contributed by atoms with Crippen molar-refractivity contribution in [2.24, 2.45) is 11.3 Å². The quantitative estimate of drug-likeness (QED) is 0.535. The highest BCUT2D eigenvalue weighted by Crippen LogP contribution is 2.44. The first-order chi connectivity index (χ1) is 15.2. The first kappa shape index (κ1) is 21.8. The molecule has 1 fully saturated rings. The van der Waals surface area contributed by atoms with Crippen molar-refractivity contribution in [1.82, 2.24) is 19.9 Å². The second kappa shape index (κ2) is 8.06. The SMILES string of the molecule is Cc1nc(C)c(C(=O)N2CCN(c3ncnc4sc5c(c34)CC[C@H](C(C)(C)C)C5)CC2)s1. The Morgan fingerprint density at radius 3 is 2.50 bits per heavy atom. The number of hydrogen-bond donors (Lipinski definition) is 0. The summed E-state index contributed by atoms with van der Waals surface area (Å²) in [5.41, 5.74) is 2.64. The van der Waals surface area contributed by atoms with Gasteiger partial charge in [0.2, 0.25) is 0 Å². The third-order valence-corrected chi connectivity index (χ3v) is 9.24. The van der Waals surface area contributed by atoms with Gasteiger partial charge in [0.05, 0.1) is 16.1 Å². The summed E-state index contributed by atoms with van der Waals surface area (Å²) in [5.74, 6) is 1.88. The second-order valence-corrected chi connectivity index (χ2v) is 12.4. The summed E-state index contributed by atoms with van der Waals surface area (Å²) in [6, 6.07) is 0. The maximum atomic E-state index is 13.0. The third kappa shape index (κ3) is 3.81. The van der Waals surface area contributed by atoms with Crippen molar-refractivity contribution < 1.29 is 4.79 Å². The summed E-state index contributed by atoms with van der Waals surface area (Å²) in [6.07, 6.45) is 5.20. The molecule has 0 spiro atoms. The van der Waals surface area contributed by atoms with E-state index in [1.54, 1.807) is 6.33 Å². The first-order valence-electron chi connectivity index (χ1n) is 11.5. The van der Waals surface area contributed by atoms with Crippen molar-refractivity contribution in [3.8, 4) is 0 Å². The molecular weight excluding hydrogens is 438 g/mol. The van der Waals surface area contributed by atoms with E-state index in [1.807, 2.05) is 30.1 Å². The molecule has 8 heteroatoms. The zero-order valence-electron chi connectivity index (χ0n) is 19.6. The van der Waals surface area contributed by atoms with Crippen molar-refractivity contribution in [3.05, 3.63) is 32.3 Å². The molecule has 0 unspecified atom stereocenters. The number of carbonyl (C=O) groups excluding carboxylic acids is 1. The number of rotatable bonds is 2. The number of nitrogens with zero attached hydrogens (tertiary/aromatic N) is 5. The van der Waals surface area contributed by atoms with Crippen molar-refractivity contribution in [2.45, 2.75) is 53.9 Å². The van der Waals surface area contributed by atoms with Crippen molar-refractivity contribution >= 4 is 44.6 Å². The fraction of sp³-hybridized carbons (Fsp3) is 0.583. The van der Waals surface area contributed by atoms with Crippen molar-refractivity contribution in [3.63, 3.8) is 0 Å². The lowest BCUT2D eigenvalue weighted by Crippen LogP contribution is -2.49. The molecular formula is C24H31N5OS2. The van der Waals surface area contributed by atoms with E-state index in [-0.39, 0.29) is 5.91 Å². The van der Waals surface area contributed by atoms with E-state index >= 15 is 0 Å². The number of hydrogen-bond acceptors (Lipinski definition) is 7. The van der Waals surface area contributed by atoms with Crippen LogP contribution in [0, 0.1) is 25.2 Å². The first-order valence-corrected chi connectivity index (χ1v) is 13.1. The molecule has 3 aromatic heterocycles. The van der Waals surface area contributed by atoms with Crippen LogP contribution in [0.15, 0.2) is 6.33 Å². The van der Waals surface area contributed by atoms with Crippen LogP contribution in [0.3, 0.4) is 0 Å². The predicted molar refractivity (Wildman–Crippen MR) is 132 cm³/mol. The third-order valence-electron chi connectivity index (χ3n) is 7.01. The maximum Gasteiger partial charge on any atom is 0.265 e. The summed E-state index contributed by atoms with van der Waals surface area (Å²) in [6.45, 7) is 14.0. The molecule has 0 saturated carbocycles. The Balaban J connectivity index is 1.37. The van der Waals surface area contributed by atoms with E-state index in [4.69, 9.17) is 4.98 Å². The Labute approximate surface area is 197 Å². The molecule has 0 radical (unpaired) electrons. The molecule has 1 aliphatic carbocycles. The predicted octanol–water partition coefficient (Wildman–Crippen LogP) is 4.88. The minimum atomic E-state index is 0.113. The van der Waals surface area contributed by atoms with Gasteiger partial charge in [-0.05, 0) is 50.0 Å². The second-order valence-electron chi connectivity index (χ2n) is 10.1. The van der Waals surface area contributed by atoms with Gasteiger partial charge >= 0.3 is 0 Å². The van der Waals surface area contributed by atoms with Gasteiger partial charge in [0.25, 0.3) is 5.91 Å². The van der Waals surface area contributed by atoms with Gasteiger partial charge in [0.1, 0.15) is 21.9 Å². The van der Waals surface area contributed by atoms with Gasteiger partial charge in [-0.25, -0.2) is 15.0 Å². The summed E-state index contributed by atoms with van der Waals surface area (Å²) >= 11 is 3.35. The molecule has 3 aromatic rings. The molecule has 2 aliphatic rings. The standard InChI is InChI=1S/C24H31N5OS2/c1-14-20(31-15(2)27-14)23(30)29-10-8-28(9-11-29)21-19-17-7-6-16(24(3,4)5)12-18(17)32-22(19)26-13-25-21/h13,16H,6-12H2,1-5H3/t16-/m0/s1.